The van der Waals surface area contributed by atoms with E-state index in [1.54, 1.807) is 4.68 Å². The lowest BCUT2D eigenvalue weighted by molar-refractivity contribution is -0.137. The SMILES string of the molecule is Cc1nn(C)c(C)c1CNC(=O)NC(CCC(=O)O)Cc1ccccc1. The van der Waals surface area contributed by atoms with E-state index in [0.717, 1.165) is 22.5 Å². The van der Waals surface area contributed by atoms with Crippen LogP contribution in [0.5, 0.6) is 0 Å². The normalized spacial score (nSPS) is 11.8. The molecule has 1 unspecified atom stereocenters. The zero-order valence-corrected chi connectivity index (χ0v) is 15.5. The summed E-state index contributed by atoms with van der Waals surface area (Å²) in [6, 6.07) is 9.17. The van der Waals surface area contributed by atoms with Crippen molar-refractivity contribution in [2.24, 2.45) is 7.05 Å². The highest BCUT2D eigenvalue weighted by Crippen LogP contribution is 2.11. The van der Waals surface area contributed by atoms with Crippen LogP contribution in [0.1, 0.15) is 35.4 Å². The zero-order valence-electron chi connectivity index (χ0n) is 15.5. The first kappa shape index (κ1) is 19.5. The summed E-state index contributed by atoms with van der Waals surface area (Å²) in [6.07, 6.45) is 0.980. The Hall–Kier alpha value is -2.83. The van der Waals surface area contributed by atoms with E-state index < -0.39 is 5.97 Å². The number of hydrogen-bond acceptors (Lipinski definition) is 3. The molecule has 2 aromatic rings. The Morgan fingerprint density at radius 3 is 2.50 bits per heavy atom. The highest BCUT2D eigenvalue weighted by Gasteiger charge is 2.16. The molecule has 3 N–H and O–H groups in total. The van der Waals surface area contributed by atoms with Crippen molar-refractivity contribution in [1.82, 2.24) is 20.4 Å². The van der Waals surface area contributed by atoms with Crippen LogP contribution < -0.4 is 10.6 Å². The van der Waals surface area contributed by atoms with Gasteiger partial charge < -0.3 is 15.7 Å². The van der Waals surface area contributed by atoms with Gasteiger partial charge in [0.25, 0.3) is 0 Å². The van der Waals surface area contributed by atoms with Crippen LogP contribution in [0.3, 0.4) is 0 Å². The van der Waals surface area contributed by atoms with E-state index in [-0.39, 0.29) is 18.5 Å². The van der Waals surface area contributed by atoms with Crippen molar-refractivity contribution in [2.45, 2.75) is 45.7 Å². The zero-order chi connectivity index (χ0) is 19.1. The van der Waals surface area contributed by atoms with Crippen molar-refractivity contribution in [3.8, 4) is 0 Å². The molecule has 0 aliphatic carbocycles. The third-order valence-corrected chi connectivity index (χ3v) is 4.45. The van der Waals surface area contributed by atoms with Crippen LogP contribution in [0.4, 0.5) is 4.79 Å². The van der Waals surface area contributed by atoms with Gasteiger partial charge in [-0.2, -0.15) is 5.10 Å². The van der Waals surface area contributed by atoms with Crippen LogP contribution in [0, 0.1) is 13.8 Å². The summed E-state index contributed by atoms with van der Waals surface area (Å²) in [5.41, 5.74) is 3.95. The fourth-order valence-electron chi connectivity index (χ4n) is 2.90. The van der Waals surface area contributed by atoms with Gasteiger partial charge in [-0.1, -0.05) is 30.3 Å². The summed E-state index contributed by atoms with van der Waals surface area (Å²) in [7, 11) is 1.87. The molecule has 1 atom stereocenters. The number of amides is 2. The second-order valence-corrected chi connectivity index (χ2v) is 6.42. The lowest BCUT2D eigenvalue weighted by Gasteiger charge is -2.19. The number of carboxylic acid groups (broad SMARTS) is 1. The Morgan fingerprint density at radius 2 is 1.92 bits per heavy atom. The van der Waals surface area contributed by atoms with E-state index in [2.05, 4.69) is 15.7 Å². The highest BCUT2D eigenvalue weighted by atomic mass is 16.4. The molecule has 140 valence electrons. The first-order valence-corrected chi connectivity index (χ1v) is 8.66. The standard InChI is InChI=1S/C19H26N4O3/c1-13-17(14(2)23(3)22-13)12-20-19(26)21-16(9-10-18(24)25)11-15-7-5-4-6-8-15/h4-8,16H,9-12H2,1-3H3,(H,24,25)(H2,20,21,26). The van der Waals surface area contributed by atoms with Gasteiger partial charge in [-0.25, -0.2) is 4.79 Å². The first-order chi connectivity index (χ1) is 12.4. The number of carbonyl (C=O) groups excluding carboxylic acids is 1. The Bertz CT molecular complexity index is 756. The van der Waals surface area contributed by atoms with Crippen LogP contribution in [0.15, 0.2) is 30.3 Å². The van der Waals surface area contributed by atoms with Gasteiger partial charge in [-0.05, 0) is 32.3 Å². The van der Waals surface area contributed by atoms with Gasteiger partial charge >= 0.3 is 12.0 Å². The third-order valence-electron chi connectivity index (χ3n) is 4.45. The molecule has 0 saturated heterocycles. The average molecular weight is 358 g/mol. The molecule has 26 heavy (non-hydrogen) atoms. The van der Waals surface area contributed by atoms with Gasteiger partial charge in [-0.3, -0.25) is 9.48 Å². The van der Waals surface area contributed by atoms with E-state index >= 15 is 0 Å². The first-order valence-electron chi connectivity index (χ1n) is 8.66. The molecule has 0 aliphatic rings. The van der Waals surface area contributed by atoms with E-state index in [0.29, 0.717) is 19.4 Å². The minimum Gasteiger partial charge on any atom is -0.481 e. The lowest BCUT2D eigenvalue weighted by atomic mass is 10.0. The molecule has 0 bridgehead atoms. The van der Waals surface area contributed by atoms with Crippen molar-refractivity contribution in [1.29, 1.82) is 0 Å². The molecule has 1 aromatic carbocycles. The van der Waals surface area contributed by atoms with Gasteiger partial charge in [0, 0.05) is 37.3 Å². The van der Waals surface area contributed by atoms with Crippen molar-refractivity contribution in [3.05, 3.63) is 52.8 Å². The van der Waals surface area contributed by atoms with Crippen molar-refractivity contribution < 1.29 is 14.7 Å². The van der Waals surface area contributed by atoms with Gasteiger partial charge in [0.1, 0.15) is 0 Å². The van der Waals surface area contributed by atoms with Crippen LogP contribution in [-0.2, 0) is 24.8 Å². The molecule has 0 radical (unpaired) electrons. The van der Waals surface area contributed by atoms with E-state index in [1.807, 2.05) is 51.2 Å². The number of carbonyl (C=O) groups is 2. The van der Waals surface area contributed by atoms with Crippen LogP contribution >= 0.6 is 0 Å². The molecule has 2 amide bonds. The molecule has 7 nitrogen and oxygen atoms in total. The number of urea groups is 1. The van der Waals surface area contributed by atoms with Crippen molar-refractivity contribution in [2.75, 3.05) is 0 Å². The number of aliphatic carboxylic acids is 1. The number of nitrogens with one attached hydrogen (secondary N) is 2. The molecule has 1 heterocycles. The molecule has 1 aromatic heterocycles. The molecule has 0 fully saturated rings. The smallest absolute Gasteiger partial charge is 0.315 e. The number of nitrogens with zero attached hydrogens (tertiary/aromatic N) is 2. The number of aryl methyl sites for hydroxylation is 2. The summed E-state index contributed by atoms with van der Waals surface area (Å²) in [6.45, 7) is 4.25. The maximum absolute atomic E-state index is 12.3. The summed E-state index contributed by atoms with van der Waals surface area (Å²) >= 11 is 0. The Labute approximate surface area is 153 Å². The number of rotatable bonds is 8. The maximum atomic E-state index is 12.3. The van der Waals surface area contributed by atoms with E-state index in [1.165, 1.54) is 0 Å². The van der Waals surface area contributed by atoms with Crippen molar-refractivity contribution in [3.63, 3.8) is 0 Å². The maximum Gasteiger partial charge on any atom is 0.315 e. The Morgan fingerprint density at radius 1 is 1.23 bits per heavy atom. The fourth-order valence-corrected chi connectivity index (χ4v) is 2.90. The van der Waals surface area contributed by atoms with Gasteiger partial charge in [0.05, 0.1) is 5.69 Å². The Balaban J connectivity index is 1.95. The number of carboxylic acids is 1. The summed E-state index contributed by atoms with van der Waals surface area (Å²) in [4.78, 5) is 23.2. The molecule has 0 spiro atoms. The topological polar surface area (TPSA) is 96.3 Å². The molecule has 7 heteroatoms. The van der Waals surface area contributed by atoms with E-state index in [9.17, 15) is 9.59 Å². The van der Waals surface area contributed by atoms with Gasteiger partial charge in [0.15, 0.2) is 0 Å². The summed E-state index contributed by atoms with van der Waals surface area (Å²) in [5.74, 6) is -0.869. The van der Waals surface area contributed by atoms with Crippen LogP contribution in [0.25, 0.3) is 0 Å². The molecule has 0 saturated carbocycles. The largest absolute Gasteiger partial charge is 0.481 e. The Kier molecular flexibility index (Phi) is 6.77. The average Bonchev–Trinajstić information content (AvgIpc) is 2.84. The predicted molar refractivity (Wildman–Crippen MR) is 98.9 cm³/mol. The lowest BCUT2D eigenvalue weighted by Crippen LogP contribution is -2.43. The summed E-state index contributed by atoms with van der Waals surface area (Å²) in [5, 5.41) is 19.0. The minimum absolute atomic E-state index is 0.0125. The number of aromatic nitrogens is 2. The molecule has 0 aliphatic heterocycles. The monoisotopic (exact) mass is 358 g/mol. The second kappa shape index (κ2) is 9.03. The quantitative estimate of drug-likeness (QED) is 0.675. The van der Waals surface area contributed by atoms with Gasteiger partial charge in [-0.15, -0.1) is 0 Å². The van der Waals surface area contributed by atoms with Crippen molar-refractivity contribution >= 4 is 12.0 Å². The van der Waals surface area contributed by atoms with Crippen LogP contribution in [0.2, 0.25) is 0 Å². The number of hydrogen-bond donors (Lipinski definition) is 3. The summed E-state index contributed by atoms with van der Waals surface area (Å²) < 4.78 is 1.79. The fraction of sp³-hybridized carbons (Fsp3) is 0.421. The third kappa shape index (κ3) is 5.61. The van der Waals surface area contributed by atoms with Crippen LogP contribution in [-0.4, -0.2) is 32.9 Å². The molecular weight excluding hydrogens is 332 g/mol. The molecular formula is C19H26N4O3. The highest BCUT2D eigenvalue weighted by molar-refractivity contribution is 5.74. The molecule has 2 rings (SSSR count). The number of benzene rings is 1. The minimum atomic E-state index is -0.869. The second-order valence-electron chi connectivity index (χ2n) is 6.42. The van der Waals surface area contributed by atoms with E-state index in [4.69, 9.17) is 5.11 Å². The predicted octanol–water partition coefficient (Wildman–Crippen LogP) is 2.31. The van der Waals surface area contributed by atoms with Gasteiger partial charge in [0.2, 0.25) is 0 Å².